The lowest BCUT2D eigenvalue weighted by Gasteiger charge is -2.08. The highest BCUT2D eigenvalue weighted by molar-refractivity contribution is 9.10. The molecule has 0 aliphatic rings. The number of nitrogens with zero attached hydrogens (tertiary/aromatic N) is 3. The van der Waals surface area contributed by atoms with Crippen LogP contribution >= 0.6 is 15.9 Å². The number of nitrogen functional groups attached to an aromatic ring is 1. The summed E-state index contributed by atoms with van der Waals surface area (Å²) in [6.45, 7) is 0. The summed E-state index contributed by atoms with van der Waals surface area (Å²) in [7, 11) is 0. The zero-order valence-electron chi connectivity index (χ0n) is 9.99. The molecule has 0 saturated carbocycles. The SMILES string of the molecule is Nc1ccc(-n2cncc2-c2cccc(Br)c2)cn1. The first kappa shape index (κ1) is 11.9. The lowest BCUT2D eigenvalue weighted by atomic mass is 10.1. The molecule has 0 radical (unpaired) electrons. The van der Waals surface area contributed by atoms with E-state index in [0.717, 1.165) is 21.4 Å². The second-order valence-corrected chi connectivity index (χ2v) is 5.02. The summed E-state index contributed by atoms with van der Waals surface area (Å²) in [6.07, 6.45) is 5.33. The van der Waals surface area contributed by atoms with Gasteiger partial charge in [-0.2, -0.15) is 0 Å². The van der Waals surface area contributed by atoms with Crippen LogP contribution in [0.5, 0.6) is 0 Å². The fraction of sp³-hybridized carbons (Fsp3) is 0. The van der Waals surface area contributed by atoms with Crippen molar-refractivity contribution in [2.75, 3.05) is 5.73 Å². The van der Waals surface area contributed by atoms with Crippen LogP contribution in [0.1, 0.15) is 0 Å². The summed E-state index contributed by atoms with van der Waals surface area (Å²) in [6, 6.07) is 11.8. The Morgan fingerprint density at radius 3 is 2.74 bits per heavy atom. The zero-order chi connectivity index (χ0) is 13.2. The van der Waals surface area contributed by atoms with Crippen molar-refractivity contribution in [1.29, 1.82) is 0 Å². The number of benzene rings is 1. The normalized spacial score (nSPS) is 10.6. The number of rotatable bonds is 2. The second kappa shape index (κ2) is 4.85. The van der Waals surface area contributed by atoms with Crippen molar-refractivity contribution < 1.29 is 0 Å². The highest BCUT2D eigenvalue weighted by Gasteiger charge is 2.07. The van der Waals surface area contributed by atoms with Crippen LogP contribution in [-0.4, -0.2) is 14.5 Å². The smallest absolute Gasteiger partial charge is 0.123 e. The molecule has 0 amide bonds. The maximum absolute atomic E-state index is 5.61. The Morgan fingerprint density at radius 1 is 1.11 bits per heavy atom. The van der Waals surface area contributed by atoms with E-state index in [0.29, 0.717) is 5.82 Å². The molecule has 19 heavy (non-hydrogen) atoms. The van der Waals surface area contributed by atoms with Crippen molar-refractivity contribution >= 4 is 21.7 Å². The van der Waals surface area contributed by atoms with E-state index in [1.807, 2.05) is 35.0 Å². The predicted molar refractivity (Wildman–Crippen MR) is 78.9 cm³/mol. The van der Waals surface area contributed by atoms with Gasteiger partial charge in [-0.05, 0) is 24.3 Å². The average Bonchev–Trinajstić information content (AvgIpc) is 2.89. The van der Waals surface area contributed by atoms with Gasteiger partial charge in [-0.25, -0.2) is 9.97 Å². The molecule has 0 bridgehead atoms. The molecular weight excluding hydrogens is 304 g/mol. The Labute approximate surface area is 119 Å². The molecule has 3 rings (SSSR count). The summed E-state index contributed by atoms with van der Waals surface area (Å²) < 4.78 is 3.02. The van der Waals surface area contributed by atoms with Gasteiger partial charge in [-0.3, -0.25) is 4.57 Å². The average molecular weight is 315 g/mol. The summed E-state index contributed by atoms with van der Waals surface area (Å²) in [5, 5.41) is 0. The Kier molecular flexibility index (Phi) is 3.05. The van der Waals surface area contributed by atoms with E-state index in [9.17, 15) is 0 Å². The molecule has 0 aliphatic heterocycles. The first-order valence-electron chi connectivity index (χ1n) is 5.74. The number of aromatic nitrogens is 3. The van der Waals surface area contributed by atoms with Crippen LogP contribution in [0.25, 0.3) is 16.9 Å². The maximum Gasteiger partial charge on any atom is 0.123 e. The minimum atomic E-state index is 0.507. The Morgan fingerprint density at radius 2 is 2.00 bits per heavy atom. The highest BCUT2D eigenvalue weighted by Crippen LogP contribution is 2.25. The molecule has 3 aromatic rings. The molecule has 94 valence electrons. The third kappa shape index (κ3) is 2.37. The van der Waals surface area contributed by atoms with Crippen LogP contribution in [0.15, 0.2) is 59.6 Å². The maximum atomic E-state index is 5.61. The van der Waals surface area contributed by atoms with Crippen molar-refractivity contribution in [3.05, 3.63) is 59.6 Å². The number of hydrogen-bond donors (Lipinski definition) is 1. The monoisotopic (exact) mass is 314 g/mol. The number of nitrogens with two attached hydrogens (primary N) is 1. The predicted octanol–water partition coefficient (Wildman–Crippen LogP) is 3.28. The first-order chi connectivity index (χ1) is 9.24. The van der Waals surface area contributed by atoms with Crippen LogP contribution in [0, 0.1) is 0 Å². The van der Waals surface area contributed by atoms with Gasteiger partial charge < -0.3 is 5.73 Å². The number of pyridine rings is 1. The van der Waals surface area contributed by atoms with Crippen LogP contribution in [0.2, 0.25) is 0 Å². The van der Waals surface area contributed by atoms with Gasteiger partial charge in [-0.15, -0.1) is 0 Å². The van der Waals surface area contributed by atoms with E-state index in [2.05, 4.69) is 32.0 Å². The number of imidazole rings is 1. The lowest BCUT2D eigenvalue weighted by molar-refractivity contribution is 1.05. The van der Waals surface area contributed by atoms with Gasteiger partial charge in [0.2, 0.25) is 0 Å². The summed E-state index contributed by atoms with van der Waals surface area (Å²) >= 11 is 3.48. The molecule has 0 spiro atoms. The van der Waals surface area contributed by atoms with Gasteiger partial charge in [0, 0.05) is 10.0 Å². The van der Waals surface area contributed by atoms with Crippen LogP contribution in [0.4, 0.5) is 5.82 Å². The standard InChI is InChI=1S/C14H11BrN4/c15-11-3-1-2-10(6-11)13-8-17-9-19(13)12-4-5-14(16)18-7-12/h1-9H,(H2,16,18). The van der Waals surface area contributed by atoms with Gasteiger partial charge in [0.05, 0.1) is 30.1 Å². The van der Waals surface area contributed by atoms with Crippen LogP contribution in [0.3, 0.4) is 0 Å². The Hall–Kier alpha value is -2.14. The summed E-state index contributed by atoms with van der Waals surface area (Å²) in [4.78, 5) is 8.32. The quantitative estimate of drug-likeness (QED) is 0.789. The largest absolute Gasteiger partial charge is 0.384 e. The van der Waals surface area contributed by atoms with E-state index in [4.69, 9.17) is 5.73 Å². The van der Waals surface area contributed by atoms with E-state index in [-0.39, 0.29) is 0 Å². The molecule has 1 aromatic carbocycles. The van der Waals surface area contributed by atoms with Gasteiger partial charge >= 0.3 is 0 Å². The molecule has 2 aromatic heterocycles. The van der Waals surface area contributed by atoms with Crippen LogP contribution < -0.4 is 5.73 Å². The van der Waals surface area contributed by atoms with Gasteiger partial charge in [0.1, 0.15) is 5.82 Å². The van der Waals surface area contributed by atoms with Crippen molar-refractivity contribution in [3.63, 3.8) is 0 Å². The van der Waals surface area contributed by atoms with Crippen molar-refractivity contribution in [2.24, 2.45) is 0 Å². The molecule has 0 aliphatic carbocycles. The zero-order valence-corrected chi connectivity index (χ0v) is 11.6. The summed E-state index contributed by atoms with van der Waals surface area (Å²) in [5.74, 6) is 0.507. The van der Waals surface area contributed by atoms with Gasteiger partial charge in [-0.1, -0.05) is 28.1 Å². The van der Waals surface area contributed by atoms with E-state index in [1.165, 1.54) is 0 Å². The van der Waals surface area contributed by atoms with Crippen LogP contribution in [-0.2, 0) is 0 Å². The third-order valence-electron chi connectivity index (χ3n) is 2.81. The first-order valence-corrected chi connectivity index (χ1v) is 6.53. The second-order valence-electron chi connectivity index (χ2n) is 4.10. The van der Waals surface area contributed by atoms with Gasteiger partial charge in [0.15, 0.2) is 0 Å². The fourth-order valence-electron chi connectivity index (χ4n) is 1.90. The van der Waals surface area contributed by atoms with Crippen molar-refractivity contribution in [2.45, 2.75) is 0 Å². The molecule has 0 atom stereocenters. The number of halogens is 1. The molecule has 0 saturated heterocycles. The van der Waals surface area contributed by atoms with E-state index in [1.54, 1.807) is 18.6 Å². The Balaban J connectivity index is 2.10. The lowest BCUT2D eigenvalue weighted by Crippen LogP contribution is -1.97. The van der Waals surface area contributed by atoms with E-state index >= 15 is 0 Å². The molecule has 2 heterocycles. The third-order valence-corrected chi connectivity index (χ3v) is 3.30. The molecule has 5 heteroatoms. The molecule has 2 N–H and O–H groups in total. The Bertz CT molecular complexity index is 703. The molecule has 0 unspecified atom stereocenters. The fourth-order valence-corrected chi connectivity index (χ4v) is 2.30. The van der Waals surface area contributed by atoms with Crippen molar-refractivity contribution in [3.8, 4) is 16.9 Å². The van der Waals surface area contributed by atoms with Gasteiger partial charge in [0.25, 0.3) is 0 Å². The molecular formula is C14H11BrN4. The van der Waals surface area contributed by atoms with E-state index < -0.39 is 0 Å². The number of hydrogen-bond acceptors (Lipinski definition) is 3. The minimum absolute atomic E-state index is 0.507. The minimum Gasteiger partial charge on any atom is -0.384 e. The number of anilines is 1. The topological polar surface area (TPSA) is 56.7 Å². The van der Waals surface area contributed by atoms with Crippen molar-refractivity contribution in [1.82, 2.24) is 14.5 Å². The summed E-state index contributed by atoms with van der Waals surface area (Å²) in [5.41, 5.74) is 8.63. The molecule has 0 fully saturated rings. The molecule has 4 nitrogen and oxygen atoms in total. The highest BCUT2D eigenvalue weighted by atomic mass is 79.9.